The van der Waals surface area contributed by atoms with E-state index >= 15 is 0 Å². The highest BCUT2D eigenvalue weighted by Crippen LogP contribution is 2.08. The van der Waals surface area contributed by atoms with E-state index in [0.29, 0.717) is 5.69 Å². The van der Waals surface area contributed by atoms with Gasteiger partial charge in [-0.05, 0) is 25.2 Å². The Kier molecular flexibility index (Phi) is 13.2. The van der Waals surface area contributed by atoms with Crippen LogP contribution in [0.2, 0.25) is 0 Å². The zero-order valence-corrected chi connectivity index (χ0v) is 21.5. The maximum Gasteiger partial charge on any atom is 0.326 e. The number of aliphatic imine (C=N–C) groups is 1. The molecule has 4 unspecified atom stereocenters. The Hall–Kier alpha value is -4.21. The lowest BCUT2D eigenvalue weighted by Gasteiger charge is -2.25. The number of hydrogen-bond donors (Lipinski definition) is 9. The number of nitrogens with zero attached hydrogens (tertiary/aromatic N) is 2. The quantitative estimate of drug-likeness (QED) is 0.0543. The van der Waals surface area contributed by atoms with Crippen LogP contribution < -0.4 is 38.9 Å². The van der Waals surface area contributed by atoms with Crippen LogP contribution in [-0.4, -0.2) is 81.3 Å². The number of imidazole rings is 1. The fourth-order valence-electron chi connectivity index (χ4n) is 3.42. The summed E-state index contributed by atoms with van der Waals surface area (Å²) in [5.74, 6) is -4.74. The van der Waals surface area contributed by atoms with Gasteiger partial charge in [0, 0.05) is 24.9 Å². The van der Waals surface area contributed by atoms with Crippen LogP contribution in [0.3, 0.4) is 0 Å². The molecule has 13 N–H and O–H groups in total. The summed E-state index contributed by atoms with van der Waals surface area (Å²) in [7, 11) is 0. The molecule has 0 spiro atoms. The molecule has 212 valence electrons. The molecule has 4 atom stereocenters. The maximum absolute atomic E-state index is 13.1. The molecule has 0 saturated carbocycles. The standard InChI is InChI=1S/C22H38N10O6/c1-11(2)6-15(31-18(34)13(23)7-12-9-27-10-29-12)19(35)32-16(8-17(24)33)20(36)30-14(21(37)38)4-3-5-28-22(25)26/h9-11,13-16H,3-8,23H2,1-2H3,(H2,24,33)(H,27,29)(H,30,36)(H,31,34)(H,32,35)(H,37,38)(H4,25,26,28). The second kappa shape index (κ2) is 15.8. The number of aromatic nitrogens is 2. The number of nitrogens with one attached hydrogen (secondary N) is 4. The highest BCUT2D eigenvalue weighted by Gasteiger charge is 2.31. The molecule has 4 amide bonds. The molecule has 0 aliphatic rings. The fraction of sp³-hybridized carbons (Fsp3) is 0.591. The number of guanidine groups is 1. The summed E-state index contributed by atoms with van der Waals surface area (Å²) in [4.78, 5) is 72.2. The van der Waals surface area contributed by atoms with Crippen LogP contribution in [0.1, 0.15) is 45.2 Å². The lowest BCUT2D eigenvalue weighted by Crippen LogP contribution is -2.58. The van der Waals surface area contributed by atoms with E-state index in [4.69, 9.17) is 22.9 Å². The highest BCUT2D eigenvalue weighted by atomic mass is 16.4. The molecule has 0 bridgehead atoms. The number of hydrogen-bond acceptors (Lipinski definition) is 8. The minimum Gasteiger partial charge on any atom is -0.480 e. The van der Waals surface area contributed by atoms with Crippen molar-refractivity contribution in [3.63, 3.8) is 0 Å². The van der Waals surface area contributed by atoms with E-state index in [1.54, 1.807) is 0 Å². The predicted octanol–water partition coefficient (Wildman–Crippen LogP) is -3.21. The van der Waals surface area contributed by atoms with Gasteiger partial charge in [-0.15, -0.1) is 0 Å². The minimum atomic E-state index is -1.48. The van der Waals surface area contributed by atoms with Gasteiger partial charge in [0.05, 0.1) is 18.8 Å². The van der Waals surface area contributed by atoms with Crippen LogP contribution in [0.25, 0.3) is 0 Å². The summed E-state index contributed by atoms with van der Waals surface area (Å²) in [5.41, 5.74) is 22.3. The van der Waals surface area contributed by atoms with Crippen molar-refractivity contribution in [3.05, 3.63) is 18.2 Å². The first-order chi connectivity index (χ1) is 17.8. The first-order valence-electron chi connectivity index (χ1n) is 12.0. The van der Waals surface area contributed by atoms with E-state index in [9.17, 15) is 29.1 Å². The van der Waals surface area contributed by atoms with Gasteiger partial charge in [0.25, 0.3) is 0 Å². The molecule has 16 nitrogen and oxygen atoms in total. The van der Waals surface area contributed by atoms with Crippen molar-refractivity contribution in [2.75, 3.05) is 6.54 Å². The Balaban J connectivity index is 2.92. The lowest BCUT2D eigenvalue weighted by atomic mass is 10.0. The van der Waals surface area contributed by atoms with Gasteiger partial charge in [-0.2, -0.15) is 0 Å². The molecule has 0 fully saturated rings. The number of aromatic amines is 1. The lowest BCUT2D eigenvalue weighted by molar-refractivity contribution is -0.142. The second-order valence-corrected chi connectivity index (χ2v) is 9.16. The number of rotatable bonds is 17. The Morgan fingerprint density at radius 2 is 1.61 bits per heavy atom. The highest BCUT2D eigenvalue weighted by molar-refractivity contribution is 5.96. The van der Waals surface area contributed by atoms with Gasteiger partial charge in [-0.25, -0.2) is 9.78 Å². The van der Waals surface area contributed by atoms with Crippen LogP contribution >= 0.6 is 0 Å². The summed E-state index contributed by atoms with van der Waals surface area (Å²) in [5, 5.41) is 16.7. The van der Waals surface area contributed by atoms with Crippen molar-refractivity contribution in [1.82, 2.24) is 25.9 Å². The van der Waals surface area contributed by atoms with Crippen molar-refractivity contribution >= 4 is 35.6 Å². The molecule has 1 heterocycles. The average molecular weight is 539 g/mol. The molecule has 0 aromatic carbocycles. The van der Waals surface area contributed by atoms with E-state index in [1.165, 1.54) is 12.5 Å². The number of aliphatic carboxylic acids is 1. The monoisotopic (exact) mass is 538 g/mol. The predicted molar refractivity (Wildman–Crippen MR) is 137 cm³/mol. The van der Waals surface area contributed by atoms with Crippen LogP contribution in [0.4, 0.5) is 0 Å². The van der Waals surface area contributed by atoms with Gasteiger partial charge in [-0.1, -0.05) is 13.8 Å². The molecule has 0 saturated heterocycles. The van der Waals surface area contributed by atoms with Gasteiger partial charge in [-0.3, -0.25) is 24.2 Å². The number of nitrogens with two attached hydrogens (primary N) is 4. The third-order valence-corrected chi connectivity index (χ3v) is 5.27. The van der Waals surface area contributed by atoms with E-state index in [0.717, 1.165) is 0 Å². The molecule has 16 heteroatoms. The minimum absolute atomic E-state index is 0.0185. The Labute approximate surface area is 219 Å². The molecule has 0 radical (unpaired) electrons. The molecule has 1 aromatic heterocycles. The van der Waals surface area contributed by atoms with Crippen LogP contribution in [0.5, 0.6) is 0 Å². The van der Waals surface area contributed by atoms with Crippen LogP contribution in [0, 0.1) is 5.92 Å². The number of carbonyl (C=O) groups excluding carboxylic acids is 4. The van der Waals surface area contributed by atoms with Gasteiger partial charge < -0.3 is 49.0 Å². The van der Waals surface area contributed by atoms with Crippen molar-refractivity contribution in [1.29, 1.82) is 0 Å². The summed E-state index contributed by atoms with van der Waals surface area (Å²) in [6.45, 7) is 3.79. The van der Waals surface area contributed by atoms with E-state index in [1.807, 2.05) is 13.8 Å². The summed E-state index contributed by atoms with van der Waals surface area (Å²) in [6.07, 6.45) is 2.93. The number of H-pyrrole nitrogens is 1. The van der Waals surface area contributed by atoms with E-state index in [-0.39, 0.29) is 44.1 Å². The number of primary amides is 1. The van der Waals surface area contributed by atoms with E-state index in [2.05, 4.69) is 30.9 Å². The van der Waals surface area contributed by atoms with Crippen molar-refractivity contribution in [3.8, 4) is 0 Å². The first-order valence-corrected chi connectivity index (χ1v) is 12.0. The smallest absolute Gasteiger partial charge is 0.326 e. The van der Waals surface area contributed by atoms with E-state index < -0.39 is 60.2 Å². The topological polar surface area (TPSA) is 287 Å². The number of carbonyl (C=O) groups is 5. The Morgan fingerprint density at radius 1 is 1.00 bits per heavy atom. The van der Waals surface area contributed by atoms with Crippen molar-refractivity contribution in [2.45, 2.75) is 70.1 Å². The zero-order chi connectivity index (χ0) is 28.8. The van der Waals surface area contributed by atoms with Crippen LogP contribution in [-0.2, 0) is 30.4 Å². The fourth-order valence-corrected chi connectivity index (χ4v) is 3.42. The Morgan fingerprint density at radius 3 is 2.13 bits per heavy atom. The summed E-state index contributed by atoms with van der Waals surface area (Å²) in [6, 6.07) is -4.90. The Bertz CT molecular complexity index is 977. The molecular weight excluding hydrogens is 500 g/mol. The summed E-state index contributed by atoms with van der Waals surface area (Å²) >= 11 is 0. The normalized spacial score (nSPS) is 14.0. The number of amides is 4. The maximum atomic E-state index is 13.1. The number of carboxylic acids is 1. The average Bonchev–Trinajstić information content (AvgIpc) is 3.31. The van der Waals surface area contributed by atoms with Crippen molar-refractivity contribution in [2.24, 2.45) is 33.8 Å². The van der Waals surface area contributed by atoms with Crippen molar-refractivity contribution < 1.29 is 29.1 Å². The van der Waals surface area contributed by atoms with Gasteiger partial charge in [0.2, 0.25) is 23.6 Å². The number of carboxylic acid groups (broad SMARTS) is 1. The molecule has 0 aliphatic carbocycles. The second-order valence-electron chi connectivity index (χ2n) is 9.16. The largest absolute Gasteiger partial charge is 0.480 e. The molecule has 1 aromatic rings. The molecular formula is C22H38N10O6. The SMILES string of the molecule is CC(C)CC(NC(=O)C(N)Cc1cnc[nH]1)C(=O)NC(CC(N)=O)C(=O)NC(CCCN=C(N)N)C(=O)O. The zero-order valence-electron chi connectivity index (χ0n) is 21.5. The van der Waals surface area contributed by atoms with Gasteiger partial charge in [0.1, 0.15) is 18.1 Å². The molecule has 0 aliphatic heterocycles. The van der Waals surface area contributed by atoms with Crippen LogP contribution in [0.15, 0.2) is 17.5 Å². The van der Waals surface area contributed by atoms with Gasteiger partial charge in [0.15, 0.2) is 5.96 Å². The summed E-state index contributed by atoms with van der Waals surface area (Å²) < 4.78 is 0. The molecule has 38 heavy (non-hydrogen) atoms. The van der Waals surface area contributed by atoms with Gasteiger partial charge >= 0.3 is 5.97 Å². The first kappa shape index (κ1) is 31.8. The third kappa shape index (κ3) is 12.2. The third-order valence-electron chi connectivity index (χ3n) is 5.27. The molecule has 1 rings (SSSR count).